The third-order valence-electron chi connectivity index (χ3n) is 3.44. The summed E-state index contributed by atoms with van der Waals surface area (Å²) in [6, 6.07) is 9.86. The van der Waals surface area contributed by atoms with Crippen molar-refractivity contribution in [2.24, 2.45) is 0 Å². The summed E-state index contributed by atoms with van der Waals surface area (Å²) in [4.78, 5) is 6.35. The van der Waals surface area contributed by atoms with E-state index in [0.717, 1.165) is 16.6 Å². The van der Waals surface area contributed by atoms with Gasteiger partial charge in [0.25, 0.3) is 5.92 Å². The standard InChI is InChI=1S/C14H14F2N2/c15-14(16)5-7-18(8-6-14)12-9-11-3-1-2-4-13(11)17-10-12/h1-4,9-10H,5-8H2. The van der Waals surface area contributed by atoms with Gasteiger partial charge >= 0.3 is 0 Å². The molecule has 94 valence electrons. The molecule has 2 nitrogen and oxygen atoms in total. The number of nitrogens with zero attached hydrogens (tertiary/aromatic N) is 2. The van der Waals surface area contributed by atoms with Crippen LogP contribution in [0.2, 0.25) is 0 Å². The fraction of sp³-hybridized carbons (Fsp3) is 0.357. The number of alkyl halides is 2. The van der Waals surface area contributed by atoms with E-state index in [4.69, 9.17) is 0 Å². The van der Waals surface area contributed by atoms with Crippen molar-refractivity contribution in [3.8, 4) is 0 Å². The monoisotopic (exact) mass is 248 g/mol. The third-order valence-corrected chi connectivity index (χ3v) is 3.44. The van der Waals surface area contributed by atoms with Crippen molar-refractivity contribution >= 4 is 16.6 Å². The smallest absolute Gasteiger partial charge is 0.251 e. The number of halogens is 2. The first kappa shape index (κ1) is 11.4. The second-order valence-electron chi connectivity index (χ2n) is 4.73. The largest absolute Gasteiger partial charge is 0.370 e. The van der Waals surface area contributed by atoms with Crippen molar-refractivity contribution in [1.82, 2.24) is 4.98 Å². The van der Waals surface area contributed by atoms with E-state index in [9.17, 15) is 8.78 Å². The highest BCUT2D eigenvalue weighted by atomic mass is 19.3. The van der Waals surface area contributed by atoms with E-state index in [0.29, 0.717) is 13.1 Å². The predicted molar refractivity (Wildman–Crippen MR) is 68.1 cm³/mol. The van der Waals surface area contributed by atoms with Gasteiger partial charge in [0.2, 0.25) is 0 Å². The number of benzene rings is 1. The zero-order valence-corrected chi connectivity index (χ0v) is 9.94. The number of pyridine rings is 1. The normalized spacial score (nSPS) is 19.1. The molecule has 1 aromatic heterocycles. The second-order valence-corrected chi connectivity index (χ2v) is 4.73. The van der Waals surface area contributed by atoms with Crippen LogP contribution in [0.1, 0.15) is 12.8 Å². The lowest BCUT2D eigenvalue weighted by atomic mass is 10.1. The summed E-state index contributed by atoms with van der Waals surface area (Å²) < 4.78 is 26.2. The van der Waals surface area contributed by atoms with Gasteiger partial charge in [0.15, 0.2) is 0 Å². The third kappa shape index (κ3) is 2.15. The van der Waals surface area contributed by atoms with Gasteiger partial charge in [-0.2, -0.15) is 0 Å². The number of anilines is 1. The molecule has 1 fully saturated rings. The Morgan fingerprint density at radius 3 is 2.61 bits per heavy atom. The number of hydrogen-bond acceptors (Lipinski definition) is 2. The van der Waals surface area contributed by atoms with Crippen molar-refractivity contribution in [3.63, 3.8) is 0 Å². The highest BCUT2D eigenvalue weighted by Crippen LogP contribution is 2.30. The predicted octanol–water partition coefficient (Wildman–Crippen LogP) is 3.47. The van der Waals surface area contributed by atoms with Gasteiger partial charge in [-0.1, -0.05) is 18.2 Å². The van der Waals surface area contributed by atoms with E-state index < -0.39 is 5.92 Å². The molecule has 1 aromatic carbocycles. The van der Waals surface area contributed by atoms with Crippen LogP contribution >= 0.6 is 0 Å². The fourth-order valence-electron chi connectivity index (χ4n) is 2.32. The number of aromatic nitrogens is 1. The van der Waals surface area contributed by atoms with E-state index in [2.05, 4.69) is 4.98 Å². The van der Waals surface area contributed by atoms with Crippen LogP contribution in [-0.4, -0.2) is 24.0 Å². The maximum atomic E-state index is 13.1. The molecule has 0 radical (unpaired) electrons. The highest BCUT2D eigenvalue weighted by Gasteiger charge is 2.34. The minimum absolute atomic E-state index is 0.0696. The molecule has 0 unspecified atom stereocenters. The Bertz CT molecular complexity index is 558. The molecule has 0 N–H and O–H groups in total. The van der Waals surface area contributed by atoms with Crippen molar-refractivity contribution in [2.45, 2.75) is 18.8 Å². The van der Waals surface area contributed by atoms with E-state index in [1.165, 1.54) is 0 Å². The van der Waals surface area contributed by atoms with E-state index in [-0.39, 0.29) is 12.8 Å². The van der Waals surface area contributed by atoms with Crippen molar-refractivity contribution in [2.75, 3.05) is 18.0 Å². The zero-order chi connectivity index (χ0) is 12.6. The van der Waals surface area contributed by atoms with Gasteiger partial charge in [0.05, 0.1) is 17.4 Å². The molecular formula is C14H14F2N2. The maximum absolute atomic E-state index is 13.1. The summed E-state index contributed by atoms with van der Waals surface area (Å²) in [5, 5.41) is 1.05. The summed E-state index contributed by atoms with van der Waals surface area (Å²) in [5.41, 5.74) is 1.87. The van der Waals surface area contributed by atoms with Crippen LogP contribution in [0.4, 0.5) is 14.5 Å². The molecule has 1 saturated heterocycles. The van der Waals surface area contributed by atoms with Gasteiger partial charge in [-0.15, -0.1) is 0 Å². The molecule has 2 aromatic rings. The molecule has 0 bridgehead atoms. The lowest BCUT2D eigenvalue weighted by Crippen LogP contribution is -2.39. The molecule has 0 saturated carbocycles. The molecule has 0 amide bonds. The SMILES string of the molecule is FC1(F)CCN(c2cnc3ccccc3c2)CC1. The maximum Gasteiger partial charge on any atom is 0.251 e. The van der Waals surface area contributed by atoms with Crippen LogP contribution < -0.4 is 4.90 Å². The Balaban J connectivity index is 1.87. The van der Waals surface area contributed by atoms with Crippen LogP contribution in [0, 0.1) is 0 Å². The summed E-state index contributed by atoms with van der Waals surface area (Å²) >= 11 is 0. The number of para-hydroxylation sites is 1. The molecular weight excluding hydrogens is 234 g/mol. The average molecular weight is 248 g/mol. The lowest BCUT2D eigenvalue weighted by molar-refractivity contribution is -0.0220. The quantitative estimate of drug-likeness (QED) is 0.768. The van der Waals surface area contributed by atoms with E-state index >= 15 is 0 Å². The van der Waals surface area contributed by atoms with E-state index in [1.54, 1.807) is 6.20 Å². The lowest BCUT2D eigenvalue weighted by Gasteiger charge is -2.33. The second kappa shape index (κ2) is 4.19. The number of fused-ring (bicyclic) bond motifs is 1. The topological polar surface area (TPSA) is 16.1 Å². The van der Waals surface area contributed by atoms with E-state index in [1.807, 2.05) is 35.2 Å². The molecule has 0 atom stereocenters. The van der Waals surface area contributed by atoms with Gasteiger partial charge in [0, 0.05) is 31.3 Å². The number of piperidine rings is 1. The minimum Gasteiger partial charge on any atom is -0.370 e. The Morgan fingerprint density at radius 1 is 1.11 bits per heavy atom. The van der Waals surface area contributed by atoms with Crippen LogP contribution in [0.5, 0.6) is 0 Å². The van der Waals surface area contributed by atoms with Crippen molar-refractivity contribution in [3.05, 3.63) is 36.5 Å². The van der Waals surface area contributed by atoms with Gasteiger partial charge in [-0.25, -0.2) is 8.78 Å². The van der Waals surface area contributed by atoms with Gasteiger partial charge in [-0.05, 0) is 12.1 Å². The first-order valence-electron chi connectivity index (χ1n) is 6.12. The molecule has 1 aliphatic heterocycles. The first-order chi connectivity index (χ1) is 8.64. The van der Waals surface area contributed by atoms with Crippen molar-refractivity contribution < 1.29 is 8.78 Å². The Morgan fingerprint density at radius 2 is 1.83 bits per heavy atom. The Labute approximate surface area is 104 Å². The highest BCUT2D eigenvalue weighted by molar-refractivity contribution is 5.81. The first-order valence-corrected chi connectivity index (χ1v) is 6.12. The molecule has 18 heavy (non-hydrogen) atoms. The van der Waals surface area contributed by atoms with Gasteiger partial charge < -0.3 is 4.90 Å². The Kier molecular flexibility index (Phi) is 2.65. The number of rotatable bonds is 1. The molecule has 4 heteroatoms. The van der Waals surface area contributed by atoms with Crippen molar-refractivity contribution in [1.29, 1.82) is 0 Å². The molecule has 1 aliphatic rings. The van der Waals surface area contributed by atoms with Crippen LogP contribution in [-0.2, 0) is 0 Å². The summed E-state index contributed by atoms with van der Waals surface area (Å²) in [6.45, 7) is 0.792. The summed E-state index contributed by atoms with van der Waals surface area (Å²) in [6.07, 6.45) is 1.63. The Hall–Kier alpha value is -1.71. The zero-order valence-electron chi connectivity index (χ0n) is 9.94. The van der Waals surface area contributed by atoms with Crippen LogP contribution in [0.25, 0.3) is 10.9 Å². The summed E-state index contributed by atoms with van der Waals surface area (Å²) in [5.74, 6) is -2.50. The average Bonchev–Trinajstić information content (AvgIpc) is 2.38. The number of hydrogen-bond donors (Lipinski definition) is 0. The molecule has 3 rings (SSSR count). The van der Waals surface area contributed by atoms with Gasteiger partial charge in [0.1, 0.15) is 0 Å². The molecule has 0 aliphatic carbocycles. The summed E-state index contributed by atoms with van der Waals surface area (Å²) in [7, 11) is 0. The molecule has 2 heterocycles. The molecule has 0 spiro atoms. The fourth-order valence-corrected chi connectivity index (χ4v) is 2.32. The minimum atomic E-state index is -2.50. The van der Waals surface area contributed by atoms with Crippen LogP contribution in [0.15, 0.2) is 36.5 Å². The van der Waals surface area contributed by atoms with Gasteiger partial charge in [-0.3, -0.25) is 4.98 Å². The van der Waals surface area contributed by atoms with Crippen LogP contribution in [0.3, 0.4) is 0 Å².